The average Bonchev–Trinajstić information content (AvgIpc) is 2.60. The maximum atomic E-state index is 5.61. The molecular formula is C20H22N2O. The third-order valence-corrected chi connectivity index (χ3v) is 3.22. The summed E-state index contributed by atoms with van der Waals surface area (Å²) in [5.74, 6) is 0. The molecule has 0 heterocycles. The topological polar surface area (TPSA) is 61.3 Å². The fourth-order valence-electron chi connectivity index (χ4n) is 1.95. The van der Waals surface area contributed by atoms with Crippen molar-refractivity contribution in [3.05, 3.63) is 96.1 Å². The summed E-state index contributed by atoms with van der Waals surface area (Å²) in [5.41, 5.74) is 14.5. The molecule has 0 fully saturated rings. The number of nitrogens with two attached hydrogens (primary N) is 2. The van der Waals surface area contributed by atoms with E-state index in [4.69, 9.17) is 16.2 Å². The Morgan fingerprint density at radius 2 is 0.870 bits per heavy atom. The van der Waals surface area contributed by atoms with E-state index in [-0.39, 0.29) is 0 Å². The summed E-state index contributed by atoms with van der Waals surface area (Å²) in [7, 11) is 0. The fraction of sp³-hybridized carbons (Fsp3) is 0.100. The highest BCUT2D eigenvalue weighted by Crippen LogP contribution is 2.10. The van der Waals surface area contributed by atoms with Crippen molar-refractivity contribution < 1.29 is 4.74 Å². The maximum Gasteiger partial charge on any atom is 0.0721 e. The zero-order valence-corrected chi connectivity index (χ0v) is 13.1. The lowest BCUT2D eigenvalue weighted by atomic mass is 10.2. The first-order valence-corrected chi connectivity index (χ1v) is 7.51. The van der Waals surface area contributed by atoms with Gasteiger partial charge < -0.3 is 16.2 Å². The normalized spacial score (nSPS) is 9.74. The SMILES string of the molecule is Nc1ccccc1N.c1ccc(COCc2ccccc2)cc1. The van der Waals surface area contributed by atoms with Crippen LogP contribution in [0.15, 0.2) is 84.9 Å². The van der Waals surface area contributed by atoms with Crippen molar-refractivity contribution in [2.75, 3.05) is 11.5 Å². The van der Waals surface area contributed by atoms with Crippen LogP contribution >= 0.6 is 0 Å². The van der Waals surface area contributed by atoms with Crippen molar-refractivity contribution in [2.45, 2.75) is 13.2 Å². The second kappa shape index (κ2) is 9.28. The highest BCUT2D eigenvalue weighted by molar-refractivity contribution is 5.62. The van der Waals surface area contributed by atoms with Crippen LogP contribution in [-0.4, -0.2) is 0 Å². The van der Waals surface area contributed by atoms with Crippen LogP contribution in [0.5, 0.6) is 0 Å². The molecule has 0 bridgehead atoms. The molecule has 0 aliphatic rings. The van der Waals surface area contributed by atoms with E-state index in [2.05, 4.69) is 24.3 Å². The molecule has 3 heteroatoms. The molecule has 0 radical (unpaired) electrons. The van der Waals surface area contributed by atoms with E-state index >= 15 is 0 Å². The first kappa shape index (κ1) is 16.6. The zero-order chi connectivity index (χ0) is 16.3. The molecule has 0 amide bonds. The minimum atomic E-state index is 0.646. The number of anilines is 2. The molecule has 0 atom stereocenters. The van der Waals surface area contributed by atoms with Gasteiger partial charge >= 0.3 is 0 Å². The molecule has 0 saturated carbocycles. The second-order valence-electron chi connectivity index (χ2n) is 5.09. The van der Waals surface area contributed by atoms with E-state index in [9.17, 15) is 0 Å². The third kappa shape index (κ3) is 6.24. The monoisotopic (exact) mass is 306 g/mol. The lowest BCUT2D eigenvalue weighted by Crippen LogP contribution is -1.93. The van der Waals surface area contributed by atoms with E-state index in [1.165, 1.54) is 11.1 Å². The summed E-state index contributed by atoms with van der Waals surface area (Å²) in [6.45, 7) is 1.35. The van der Waals surface area contributed by atoms with Gasteiger partial charge in [-0.2, -0.15) is 0 Å². The van der Waals surface area contributed by atoms with Crippen molar-refractivity contribution in [3.63, 3.8) is 0 Å². The van der Waals surface area contributed by atoms with E-state index in [0.717, 1.165) is 0 Å². The summed E-state index contributed by atoms with van der Waals surface area (Å²) in [6.07, 6.45) is 0. The number of rotatable bonds is 4. The summed E-state index contributed by atoms with van der Waals surface area (Å²) in [5, 5.41) is 0. The molecule has 4 N–H and O–H groups in total. The maximum absolute atomic E-state index is 5.61. The van der Waals surface area contributed by atoms with Crippen LogP contribution in [0.25, 0.3) is 0 Å². The van der Waals surface area contributed by atoms with Crippen LogP contribution in [0.2, 0.25) is 0 Å². The number of hydrogen-bond acceptors (Lipinski definition) is 3. The van der Waals surface area contributed by atoms with Crippen LogP contribution in [-0.2, 0) is 18.0 Å². The summed E-state index contributed by atoms with van der Waals surface area (Å²) in [6, 6.07) is 27.7. The molecule has 0 aromatic heterocycles. The minimum Gasteiger partial charge on any atom is -0.397 e. The van der Waals surface area contributed by atoms with Crippen LogP contribution in [0.1, 0.15) is 11.1 Å². The Labute approximate surface area is 137 Å². The lowest BCUT2D eigenvalue weighted by Gasteiger charge is -2.03. The van der Waals surface area contributed by atoms with Gasteiger partial charge in [0.1, 0.15) is 0 Å². The molecule has 3 rings (SSSR count). The van der Waals surface area contributed by atoms with Gasteiger partial charge in [-0.1, -0.05) is 72.8 Å². The van der Waals surface area contributed by atoms with Gasteiger partial charge in [0.15, 0.2) is 0 Å². The van der Waals surface area contributed by atoms with Crippen LogP contribution in [0.4, 0.5) is 11.4 Å². The lowest BCUT2D eigenvalue weighted by molar-refractivity contribution is 0.107. The average molecular weight is 306 g/mol. The summed E-state index contributed by atoms with van der Waals surface area (Å²) < 4.78 is 5.61. The standard InChI is InChI=1S/C14H14O.C6H8N2/c1-3-7-13(8-4-1)11-15-12-14-9-5-2-6-10-14;7-5-3-1-2-4-6(5)8/h1-10H,11-12H2;1-4H,7-8H2. The molecule has 0 aliphatic heterocycles. The molecule has 0 spiro atoms. The zero-order valence-electron chi connectivity index (χ0n) is 13.1. The van der Waals surface area contributed by atoms with Crippen LogP contribution in [0, 0.1) is 0 Å². The Hall–Kier alpha value is -2.78. The molecule has 23 heavy (non-hydrogen) atoms. The van der Waals surface area contributed by atoms with Crippen molar-refractivity contribution in [1.82, 2.24) is 0 Å². The second-order valence-corrected chi connectivity index (χ2v) is 5.09. The summed E-state index contributed by atoms with van der Waals surface area (Å²) >= 11 is 0. The fourth-order valence-corrected chi connectivity index (χ4v) is 1.95. The Bertz CT molecular complexity index is 624. The van der Waals surface area contributed by atoms with Gasteiger partial charge in [-0.3, -0.25) is 0 Å². The van der Waals surface area contributed by atoms with E-state index in [0.29, 0.717) is 24.6 Å². The van der Waals surface area contributed by atoms with E-state index in [1.54, 1.807) is 12.1 Å². The number of benzene rings is 3. The number of ether oxygens (including phenoxy) is 1. The van der Waals surface area contributed by atoms with Crippen molar-refractivity contribution in [2.24, 2.45) is 0 Å². The molecule has 0 saturated heterocycles. The largest absolute Gasteiger partial charge is 0.397 e. The van der Waals surface area contributed by atoms with Gasteiger partial charge in [-0.15, -0.1) is 0 Å². The quantitative estimate of drug-likeness (QED) is 0.708. The number of para-hydroxylation sites is 2. The van der Waals surface area contributed by atoms with Crippen LogP contribution < -0.4 is 11.5 Å². The van der Waals surface area contributed by atoms with Gasteiger partial charge in [-0.25, -0.2) is 0 Å². The van der Waals surface area contributed by atoms with E-state index < -0.39 is 0 Å². The minimum absolute atomic E-state index is 0.646. The molecular weight excluding hydrogens is 284 g/mol. The Morgan fingerprint density at radius 3 is 1.22 bits per heavy atom. The number of nitrogen functional groups attached to an aromatic ring is 2. The van der Waals surface area contributed by atoms with Gasteiger partial charge in [0.25, 0.3) is 0 Å². The first-order valence-electron chi connectivity index (χ1n) is 7.51. The number of hydrogen-bond donors (Lipinski definition) is 2. The predicted octanol–water partition coefficient (Wildman–Crippen LogP) is 4.25. The third-order valence-electron chi connectivity index (χ3n) is 3.22. The Morgan fingerprint density at radius 1 is 0.522 bits per heavy atom. The van der Waals surface area contributed by atoms with Gasteiger partial charge in [0, 0.05) is 0 Å². The van der Waals surface area contributed by atoms with Gasteiger partial charge in [0.05, 0.1) is 24.6 Å². The smallest absolute Gasteiger partial charge is 0.0721 e. The molecule has 0 unspecified atom stereocenters. The Kier molecular flexibility index (Phi) is 6.69. The van der Waals surface area contributed by atoms with Crippen LogP contribution in [0.3, 0.4) is 0 Å². The molecule has 118 valence electrons. The van der Waals surface area contributed by atoms with Gasteiger partial charge in [-0.05, 0) is 23.3 Å². The summed E-state index contributed by atoms with van der Waals surface area (Å²) in [4.78, 5) is 0. The molecule has 3 nitrogen and oxygen atoms in total. The van der Waals surface area contributed by atoms with Crippen molar-refractivity contribution in [3.8, 4) is 0 Å². The first-order chi connectivity index (χ1) is 11.3. The molecule has 3 aromatic rings. The van der Waals surface area contributed by atoms with E-state index in [1.807, 2.05) is 48.5 Å². The highest BCUT2D eigenvalue weighted by Gasteiger charge is 1.93. The predicted molar refractivity (Wildman–Crippen MR) is 96.6 cm³/mol. The van der Waals surface area contributed by atoms with Gasteiger partial charge in [0.2, 0.25) is 0 Å². The molecule has 0 aliphatic carbocycles. The van der Waals surface area contributed by atoms with Crippen molar-refractivity contribution >= 4 is 11.4 Å². The molecule has 3 aromatic carbocycles. The Balaban J connectivity index is 0.000000203. The van der Waals surface area contributed by atoms with Crippen molar-refractivity contribution in [1.29, 1.82) is 0 Å². The highest BCUT2D eigenvalue weighted by atomic mass is 16.5.